The van der Waals surface area contributed by atoms with Crippen LogP contribution in [-0.4, -0.2) is 60.8 Å². The summed E-state index contributed by atoms with van der Waals surface area (Å²) >= 11 is 1.14. The van der Waals surface area contributed by atoms with Crippen LogP contribution in [0.1, 0.15) is 56.6 Å². The lowest BCUT2D eigenvalue weighted by Gasteiger charge is -2.28. The van der Waals surface area contributed by atoms with Crippen LogP contribution >= 0.6 is 11.3 Å². The van der Waals surface area contributed by atoms with Gasteiger partial charge in [0.15, 0.2) is 5.01 Å². The van der Waals surface area contributed by atoms with E-state index in [4.69, 9.17) is 0 Å². The lowest BCUT2D eigenvalue weighted by Crippen LogP contribution is -2.31. The molecule has 4 heterocycles. The summed E-state index contributed by atoms with van der Waals surface area (Å²) in [4.78, 5) is 28.2. The van der Waals surface area contributed by atoms with Crippen LogP contribution in [0.4, 0.5) is 4.39 Å². The second kappa shape index (κ2) is 10.9. The Balaban J connectivity index is 1.21. The Hall–Kier alpha value is -4.53. The topological polar surface area (TPSA) is 112 Å². The number of benzene rings is 2. The first-order chi connectivity index (χ1) is 19.4. The van der Waals surface area contributed by atoms with E-state index >= 15 is 0 Å². The molecule has 202 valence electrons. The number of amides is 1. The summed E-state index contributed by atoms with van der Waals surface area (Å²) in [5.41, 5.74) is 2.40. The van der Waals surface area contributed by atoms with Gasteiger partial charge < -0.3 is 20.3 Å². The van der Waals surface area contributed by atoms with Crippen molar-refractivity contribution in [2.45, 2.75) is 24.9 Å². The van der Waals surface area contributed by atoms with Crippen LogP contribution in [0, 0.1) is 17.7 Å². The lowest BCUT2D eigenvalue weighted by molar-refractivity contribution is 0.0941. The molecule has 6 rings (SSSR count). The Morgan fingerprint density at radius 2 is 2.02 bits per heavy atom. The van der Waals surface area contributed by atoms with Gasteiger partial charge in [-0.15, -0.1) is 11.3 Å². The molecule has 0 bridgehead atoms. The van der Waals surface area contributed by atoms with E-state index in [0.29, 0.717) is 22.3 Å². The molecule has 1 amide bonds. The van der Waals surface area contributed by atoms with E-state index in [9.17, 15) is 14.3 Å². The molecule has 9 nitrogen and oxygen atoms in total. The number of rotatable bonds is 5. The van der Waals surface area contributed by atoms with Gasteiger partial charge in [0.25, 0.3) is 5.91 Å². The van der Waals surface area contributed by atoms with Gasteiger partial charge in [-0.05, 0) is 69.2 Å². The summed E-state index contributed by atoms with van der Waals surface area (Å²) in [6.07, 6.45) is 7.37. The van der Waals surface area contributed by atoms with Crippen molar-refractivity contribution in [1.82, 2.24) is 34.9 Å². The van der Waals surface area contributed by atoms with Crippen molar-refractivity contribution < 1.29 is 14.3 Å². The number of nitrogens with zero attached hydrogens (tertiary/aromatic N) is 5. The SMILES string of the molecule is CN1CCC(n2cc(C#Cc3cnc(C(=O)NC(c4nc5ccccc5[nH]4)c4cc(F)ccc4O)s3)cn2)CC1. The maximum absolute atomic E-state index is 14.2. The number of para-hydroxylation sites is 2. The molecular weight excluding hydrogens is 529 g/mol. The van der Waals surface area contributed by atoms with Crippen LogP contribution in [0.2, 0.25) is 0 Å². The van der Waals surface area contributed by atoms with Gasteiger partial charge in [0.1, 0.15) is 23.4 Å². The number of carbonyl (C=O) groups excluding carboxylic acids is 1. The third kappa shape index (κ3) is 5.45. The van der Waals surface area contributed by atoms with E-state index in [-0.39, 0.29) is 16.3 Å². The van der Waals surface area contributed by atoms with Crippen molar-refractivity contribution in [3.8, 4) is 17.6 Å². The number of phenolic OH excluding ortho intramolecular Hbond substituents is 1. The number of fused-ring (bicyclic) bond motifs is 1. The van der Waals surface area contributed by atoms with Crippen molar-refractivity contribution >= 4 is 28.3 Å². The van der Waals surface area contributed by atoms with Crippen molar-refractivity contribution in [3.05, 3.63) is 93.7 Å². The third-order valence-electron chi connectivity index (χ3n) is 6.95. The number of aromatic amines is 1. The monoisotopic (exact) mass is 555 g/mol. The molecule has 1 aliphatic heterocycles. The highest BCUT2D eigenvalue weighted by atomic mass is 32.1. The van der Waals surface area contributed by atoms with Crippen LogP contribution in [0.25, 0.3) is 11.0 Å². The van der Waals surface area contributed by atoms with E-state index < -0.39 is 17.8 Å². The molecule has 1 saturated heterocycles. The van der Waals surface area contributed by atoms with Crippen molar-refractivity contribution in [3.63, 3.8) is 0 Å². The molecule has 40 heavy (non-hydrogen) atoms. The molecule has 3 aromatic heterocycles. The highest BCUT2D eigenvalue weighted by Crippen LogP contribution is 2.30. The molecule has 1 unspecified atom stereocenters. The molecular formula is C29H26FN7O2S. The quantitative estimate of drug-likeness (QED) is 0.280. The van der Waals surface area contributed by atoms with Crippen molar-refractivity contribution in [2.75, 3.05) is 20.1 Å². The van der Waals surface area contributed by atoms with Gasteiger partial charge in [0.05, 0.1) is 39.9 Å². The number of phenols is 1. The Bertz CT molecular complexity index is 1710. The predicted molar refractivity (Wildman–Crippen MR) is 150 cm³/mol. The van der Waals surface area contributed by atoms with Gasteiger partial charge in [-0.2, -0.15) is 5.10 Å². The fourth-order valence-electron chi connectivity index (χ4n) is 4.78. The Morgan fingerprint density at radius 3 is 2.85 bits per heavy atom. The summed E-state index contributed by atoms with van der Waals surface area (Å²) in [6, 6.07) is 10.4. The number of aromatic nitrogens is 5. The number of piperidine rings is 1. The summed E-state index contributed by atoms with van der Waals surface area (Å²) in [7, 11) is 2.13. The minimum atomic E-state index is -0.945. The van der Waals surface area contributed by atoms with Crippen molar-refractivity contribution in [1.29, 1.82) is 0 Å². The number of H-pyrrole nitrogens is 1. The highest BCUT2D eigenvalue weighted by molar-refractivity contribution is 7.14. The Kier molecular flexibility index (Phi) is 7.02. The first-order valence-corrected chi connectivity index (χ1v) is 13.7. The predicted octanol–water partition coefficient (Wildman–Crippen LogP) is 4.25. The van der Waals surface area contributed by atoms with Crippen LogP contribution in [0.15, 0.2) is 61.1 Å². The maximum Gasteiger partial charge on any atom is 0.281 e. The first-order valence-electron chi connectivity index (χ1n) is 12.9. The van der Waals surface area contributed by atoms with Gasteiger partial charge in [-0.1, -0.05) is 18.1 Å². The zero-order valence-electron chi connectivity index (χ0n) is 21.6. The summed E-state index contributed by atoms with van der Waals surface area (Å²) < 4.78 is 16.1. The molecule has 5 aromatic rings. The Morgan fingerprint density at radius 1 is 1.20 bits per heavy atom. The standard InChI is InChI=1S/C29H26FN7O2S/c1-36-12-10-20(11-13-36)37-17-18(15-32-37)6-8-21-16-31-29(40-21)28(39)35-26(22-14-19(30)7-9-25(22)38)27-33-23-4-2-3-5-24(23)34-27/h2-5,7,9,14-17,20,26,38H,10-13H2,1H3,(H,33,34)(H,35,39). The smallest absolute Gasteiger partial charge is 0.281 e. The largest absolute Gasteiger partial charge is 0.508 e. The fraction of sp³-hybridized carbons (Fsp3) is 0.241. The number of nitrogens with one attached hydrogen (secondary N) is 2. The molecule has 2 aromatic carbocycles. The Labute approximate surface area is 233 Å². The lowest BCUT2D eigenvalue weighted by atomic mass is 10.0. The number of imidazole rings is 1. The molecule has 0 aliphatic carbocycles. The highest BCUT2D eigenvalue weighted by Gasteiger charge is 2.26. The molecule has 0 spiro atoms. The van der Waals surface area contributed by atoms with Crippen LogP contribution in [-0.2, 0) is 0 Å². The third-order valence-corrected chi connectivity index (χ3v) is 7.86. The second-order valence-electron chi connectivity index (χ2n) is 9.77. The summed E-state index contributed by atoms with van der Waals surface area (Å²) in [5.74, 6) is 5.32. The number of halogens is 1. The number of thiazole rings is 1. The number of likely N-dealkylation sites (tertiary alicyclic amines) is 1. The zero-order valence-corrected chi connectivity index (χ0v) is 22.5. The molecule has 1 fully saturated rings. The number of hydrogen-bond acceptors (Lipinski definition) is 7. The zero-order chi connectivity index (χ0) is 27.6. The average molecular weight is 556 g/mol. The van der Waals surface area contributed by atoms with Gasteiger partial charge in [0.2, 0.25) is 0 Å². The fourth-order valence-corrected chi connectivity index (χ4v) is 5.46. The van der Waals surface area contributed by atoms with E-state index in [2.05, 4.69) is 49.2 Å². The summed E-state index contributed by atoms with van der Waals surface area (Å²) in [6.45, 7) is 2.10. The van der Waals surface area contributed by atoms with E-state index in [1.54, 1.807) is 12.4 Å². The van der Waals surface area contributed by atoms with Crippen LogP contribution < -0.4 is 5.32 Å². The van der Waals surface area contributed by atoms with E-state index in [1.807, 2.05) is 35.1 Å². The molecule has 3 N–H and O–H groups in total. The van der Waals surface area contributed by atoms with Crippen LogP contribution in [0.3, 0.4) is 0 Å². The minimum absolute atomic E-state index is 0.168. The normalized spacial score (nSPS) is 15.1. The van der Waals surface area contributed by atoms with Gasteiger partial charge in [-0.3, -0.25) is 9.48 Å². The second-order valence-corrected chi connectivity index (χ2v) is 10.8. The summed E-state index contributed by atoms with van der Waals surface area (Å²) in [5, 5.41) is 18.0. The molecule has 11 heteroatoms. The van der Waals surface area contributed by atoms with Crippen LogP contribution in [0.5, 0.6) is 5.75 Å². The average Bonchev–Trinajstić information content (AvgIpc) is 3.72. The minimum Gasteiger partial charge on any atom is -0.508 e. The maximum atomic E-state index is 14.2. The number of hydrogen-bond donors (Lipinski definition) is 3. The van der Waals surface area contributed by atoms with Gasteiger partial charge in [-0.25, -0.2) is 14.4 Å². The number of carbonyl (C=O) groups is 1. The van der Waals surface area contributed by atoms with Crippen molar-refractivity contribution in [2.24, 2.45) is 0 Å². The number of aromatic hydroxyl groups is 1. The molecule has 0 radical (unpaired) electrons. The van der Waals surface area contributed by atoms with E-state index in [1.165, 1.54) is 12.1 Å². The van der Waals surface area contributed by atoms with Gasteiger partial charge >= 0.3 is 0 Å². The molecule has 1 aliphatic rings. The van der Waals surface area contributed by atoms with Gasteiger partial charge in [0, 0.05) is 11.8 Å². The first kappa shape index (κ1) is 25.7. The molecule has 1 atom stereocenters. The van der Waals surface area contributed by atoms with E-state index in [0.717, 1.165) is 54.4 Å². The molecule has 0 saturated carbocycles.